The van der Waals surface area contributed by atoms with E-state index in [4.69, 9.17) is 0 Å². The number of anilines is 2. The van der Waals surface area contributed by atoms with Gasteiger partial charge in [-0.3, -0.25) is 4.79 Å². The molecule has 3 aromatic rings. The third-order valence-corrected chi connectivity index (χ3v) is 3.76. The normalized spacial score (nSPS) is 10.4. The maximum Gasteiger partial charge on any atom is 0.252 e. The van der Waals surface area contributed by atoms with E-state index in [1.54, 1.807) is 12.1 Å². The van der Waals surface area contributed by atoms with Crippen molar-refractivity contribution in [2.24, 2.45) is 0 Å². The summed E-state index contributed by atoms with van der Waals surface area (Å²) in [5.41, 5.74) is 1.66. The van der Waals surface area contributed by atoms with E-state index in [9.17, 15) is 13.6 Å². The first kappa shape index (κ1) is 17.5. The number of aromatic nitrogens is 1. The van der Waals surface area contributed by atoms with E-state index >= 15 is 0 Å². The molecule has 0 aliphatic rings. The highest BCUT2D eigenvalue weighted by Crippen LogP contribution is 2.19. The van der Waals surface area contributed by atoms with Crippen molar-refractivity contribution < 1.29 is 13.6 Å². The molecule has 0 fully saturated rings. The molecule has 0 saturated carbocycles. The monoisotopic (exact) mass is 353 g/mol. The molecule has 26 heavy (non-hydrogen) atoms. The van der Waals surface area contributed by atoms with E-state index in [2.05, 4.69) is 15.6 Å². The van der Waals surface area contributed by atoms with Gasteiger partial charge in [-0.25, -0.2) is 13.8 Å². The smallest absolute Gasteiger partial charge is 0.252 e. The van der Waals surface area contributed by atoms with Crippen LogP contribution in [0.4, 0.5) is 20.3 Å². The van der Waals surface area contributed by atoms with Gasteiger partial charge in [-0.2, -0.15) is 0 Å². The van der Waals surface area contributed by atoms with Gasteiger partial charge in [-0.05, 0) is 36.2 Å². The van der Waals surface area contributed by atoms with E-state index in [0.29, 0.717) is 17.9 Å². The average molecular weight is 353 g/mol. The van der Waals surface area contributed by atoms with Crippen molar-refractivity contribution in [2.45, 2.75) is 6.42 Å². The Balaban J connectivity index is 1.55. The Bertz CT molecular complexity index is 883. The summed E-state index contributed by atoms with van der Waals surface area (Å²) < 4.78 is 26.5. The van der Waals surface area contributed by atoms with Crippen LogP contribution in [0.25, 0.3) is 0 Å². The Hall–Kier alpha value is -3.28. The summed E-state index contributed by atoms with van der Waals surface area (Å²) in [5.74, 6) is -1.23. The predicted molar refractivity (Wildman–Crippen MR) is 96.4 cm³/mol. The van der Waals surface area contributed by atoms with Crippen LogP contribution in [-0.4, -0.2) is 17.4 Å². The van der Waals surface area contributed by atoms with Gasteiger partial charge in [0.25, 0.3) is 5.91 Å². The Morgan fingerprint density at radius 2 is 1.81 bits per heavy atom. The molecule has 2 aromatic carbocycles. The van der Waals surface area contributed by atoms with Crippen LogP contribution in [0.1, 0.15) is 15.9 Å². The van der Waals surface area contributed by atoms with Crippen LogP contribution in [0.2, 0.25) is 0 Å². The molecule has 2 N–H and O–H groups in total. The Labute approximate surface area is 149 Å². The van der Waals surface area contributed by atoms with Crippen molar-refractivity contribution >= 4 is 17.4 Å². The molecule has 0 spiro atoms. The minimum Gasteiger partial charge on any atom is -0.352 e. The zero-order chi connectivity index (χ0) is 18.4. The lowest BCUT2D eigenvalue weighted by molar-refractivity contribution is 0.0954. The van der Waals surface area contributed by atoms with Gasteiger partial charge in [-0.15, -0.1) is 0 Å². The van der Waals surface area contributed by atoms with Crippen molar-refractivity contribution in [2.75, 3.05) is 11.9 Å². The quantitative estimate of drug-likeness (QED) is 0.702. The molecule has 0 aliphatic carbocycles. The van der Waals surface area contributed by atoms with Crippen molar-refractivity contribution in [1.82, 2.24) is 10.3 Å². The summed E-state index contributed by atoms with van der Waals surface area (Å²) in [4.78, 5) is 16.2. The Kier molecular flexibility index (Phi) is 5.53. The second-order valence-electron chi connectivity index (χ2n) is 5.67. The largest absolute Gasteiger partial charge is 0.352 e. The highest BCUT2D eigenvalue weighted by molar-refractivity contribution is 5.94. The van der Waals surface area contributed by atoms with Gasteiger partial charge in [0.15, 0.2) is 0 Å². The molecule has 1 heterocycles. The fraction of sp³-hybridized carbons (Fsp3) is 0.100. The number of nitrogens with one attached hydrogen (secondary N) is 2. The number of carbonyl (C=O) groups excluding carboxylic acids is 1. The lowest BCUT2D eigenvalue weighted by Gasteiger charge is -2.08. The van der Waals surface area contributed by atoms with E-state index in [0.717, 1.165) is 24.1 Å². The maximum atomic E-state index is 13.6. The zero-order valence-corrected chi connectivity index (χ0v) is 13.9. The fourth-order valence-corrected chi connectivity index (χ4v) is 2.40. The third-order valence-electron chi connectivity index (χ3n) is 3.76. The van der Waals surface area contributed by atoms with Gasteiger partial charge in [0.1, 0.15) is 17.5 Å². The molecule has 1 amide bonds. The van der Waals surface area contributed by atoms with Crippen LogP contribution < -0.4 is 10.6 Å². The number of hydrogen-bond donors (Lipinski definition) is 2. The fourth-order valence-electron chi connectivity index (χ4n) is 2.40. The van der Waals surface area contributed by atoms with Crippen LogP contribution in [0.5, 0.6) is 0 Å². The SMILES string of the molecule is O=C(NCCc1ccccc1)c1ccc(Nc2ccc(F)cc2F)nc1. The van der Waals surface area contributed by atoms with Crippen molar-refractivity contribution in [3.8, 4) is 0 Å². The standard InChI is InChI=1S/C20H17F2N3O/c21-16-7-8-18(17(22)12-16)25-19-9-6-15(13-24-19)20(26)23-11-10-14-4-2-1-3-5-14/h1-9,12-13H,10-11H2,(H,23,26)(H,24,25). The first-order chi connectivity index (χ1) is 12.6. The molecular formula is C20H17F2N3O. The van der Waals surface area contributed by atoms with E-state index in [-0.39, 0.29) is 11.6 Å². The summed E-state index contributed by atoms with van der Waals surface area (Å²) in [6.45, 7) is 0.517. The number of pyridine rings is 1. The van der Waals surface area contributed by atoms with Crippen LogP contribution in [-0.2, 0) is 6.42 Å². The highest BCUT2D eigenvalue weighted by Gasteiger charge is 2.08. The molecule has 132 valence electrons. The van der Waals surface area contributed by atoms with E-state index in [1.165, 1.54) is 12.3 Å². The lowest BCUT2D eigenvalue weighted by atomic mass is 10.1. The van der Waals surface area contributed by atoms with E-state index < -0.39 is 11.6 Å². The summed E-state index contributed by atoms with van der Waals surface area (Å²) in [6, 6.07) is 16.2. The molecular weight excluding hydrogens is 336 g/mol. The summed E-state index contributed by atoms with van der Waals surface area (Å²) in [7, 11) is 0. The number of amides is 1. The maximum absolute atomic E-state index is 13.6. The van der Waals surface area contributed by atoms with Gasteiger partial charge >= 0.3 is 0 Å². The molecule has 0 bridgehead atoms. The summed E-state index contributed by atoms with van der Waals surface area (Å²) >= 11 is 0. The van der Waals surface area contributed by atoms with E-state index in [1.807, 2.05) is 30.3 Å². The minimum absolute atomic E-state index is 0.110. The minimum atomic E-state index is -0.713. The first-order valence-corrected chi connectivity index (χ1v) is 8.12. The van der Waals surface area contributed by atoms with Crippen molar-refractivity contribution in [3.63, 3.8) is 0 Å². The molecule has 3 rings (SSSR count). The molecule has 0 radical (unpaired) electrons. The lowest BCUT2D eigenvalue weighted by Crippen LogP contribution is -2.25. The Morgan fingerprint density at radius 1 is 1.00 bits per heavy atom. The van der Waals surface area contributed by atoms with Crippen molar-refractivity contribution in [1.29, 1.82) is 0 Å². The van der Waals surface area contributed by atoms with Gasteiger partial charge in [0, 0.05) is 18.8 Å². The number of hydrogen-bond acceptors (Lipinski definition) is 3. The third kappa shape index (κ3) is 4.63. The van der Waals surface area contributed by atoms with Gasteiger partial charge in [-0.1, -0.05) is 30.3 Å². The number of halogens is 2. The second-order valence-corrected chi connectivity index (χ2v) is 5.67. The highest BCUT2D eigenvalue weighted by atomic mass is 19.1. The van der Waals surface area contributed by atoms with Gasteiger partial charge in [0.05, 0.1) is 11.3 Å². The van der Waals surface area contributed by atoms with Crippen LogP contribution in [0.15, 0.2) is 66.9 Å². The number of benzene rings is 2. The van der Waals surface area contributed by atoms with Gasteiger partial charge < -0.3 is 10.6 Å². The Morgan fingerprint density at radius 3 is 2.50 bits per heavy atom. The van der Waals surface area contributed by atoms with Crippen LogP contribution in [0.3, 0.4) is 0 Å². The van der Waals surface area contributed by atoms with Crippen LogP contribution in [0, 0.1) is 11.6 Å². The number of nitrogens with zero attached hydrogens (tertiary/aromatic N) is 1. The topological polar surface area (TPSA) is 54.0 Å². The molecule has 0 saturated heterocycles. The summed E-state index contributed by atoms with van der Waals surface area (Å²) in [5, 5.41) is 5.58. The molecule has 0 aliphatic heterocycles. The molecule has 0 atom stereocenters. The average Bonchev–Trinajstić information content (AvgIpc) is 2.65. The summed E-state index contributed by atoms with van der Waals surface area (Å²) in [6.07, 6.45) is 2.14. The molecule has 0 unspecified atom stereocenters. The molecule has 4 nitrogen and oxygen atoms in total. The second kappa shape index (κ2) is 8.20. The number of carbonyl (C=O) groups is 1. The van der Waals surface area contributed by atoms with Crippen molar-refractivity contribution in [3.05, 3.63) is 89.6 Å². The van der Waals surface area contributed by atoms with Crippen LogP contribution >= 0.6 is 0 Å². The zero-order valence-electron chi connectivity index (χ0n) is 13.9. The molecule has 6 heteroatoms. The predicted octanol–water partition coefficient (Wildman–Crippen LogP) is 4.08. The molecule has 1 aromatic heterocycles. The number of rotatable bonds is 6. The van der Waals surface area contributed by atoms with Gasteiger partial charge in [0.2, 0.25) is 0 Å². The first-order valence-electron chi connectivity index (χ1n) is 8.12.